The second kappa shape index (κ2) is 12.2. The Morgan fingerprint density at radius 2 is 1.49 bits per heavy atom. The first-order valence-corrected chi connectivity index (χ1v) is 11.8. The molecule has 0 spiro atoms. The quantitative estimate of drug-likeness (QED) is 0.311. The molecule has 8 nitrogen and oxygen atoms in total. The minimum Gasteiger partial charge on any atom is -0.465 e. The maximum Gasteiger partial charge on any atom is 0.408 e. The van der Waals surface area contributed by atoms with Gasteiger partial charge in [-0.2, -0.15) is 0 Å². The summed E-state index contributed by atoms with van der Waals surface area (Å²) < 4.78 is 0. The van der Waals surface area contributed by atoms with E-state index in [1.165, 1.54) is 6.92 Å². The van der Waals surface area contributed by atoms with E-state index < -0.39 is 36.6 Å². The van der Waals surface area contributed by atoms with Gasteiger partial charge >= 0.3 is 6.09 Å². The molecule has 2 rings (SSSR count). The average molecular weight is 486 g/mol. The molecule has 0 fully saturated rings. The van der Waals surface area contributed by atoms with Crippen molar-refractivity contribution >= 4 is 12.0 Å². The van der Waals surface area contributed by atoms with E-state index in [1.54, 1.807) is 24.3 Å². The molecular formula is C27H39N3O5. The van der Waals surface area contributed by atoms with Crippen LogP contribution in [-0.2, 0) is 17.6 Å². The molecule has 4 atom stereocenters. The van der Waals surface area contributed by atoms with Crippen LogP contribution in [-0.4, -0.2) is 62.7 Å². The molecule has 0 saturated heterocycles. The van der Waals surface area contributed by atoms with Gasteiger partial charge in [-0.25, -0.2) is 4.79 Å². The molecule has 0 radical (unpaired) electrons. The Hall–Kier alpha value is -2.94. The molecule has 0 aliphatic carbocycles. The average Bonchev–Trinajstić information content (AvgIpc) is 2.76. The lowest BCUT2D eigenvalue weighted by molar-refractivity contribution is -0.124. The largest absolute Gasteiger partial charge is 0.465 e. The Kier molecular flexibility index (Phi) is 9.82. The summed E-state index contributed by atoms with van der Waals surface area (Å²) in [5.74, 6) is -0.238. The normalized spacial score (nSPS) is 16.0. The summed E-state index contributed by atoms with van der Waals surface area (Å²) in [5.41, 5.74) is 6.18. The number of nitrogens with one attached hydrogen (secondary N) is 1. The third-order valence-electron chi connectivity index (χ3n) is 5.96. The van der Waals surface area contributed by atoms with Crippen LogP contribution in [0.4, 0.5) is 4.79 Å². The van der Waals surface area contributed by atoms with Crippen LogP contribution in [0.25, 0.3) is 0 Å². The monoisotopic (exact) mass is 485 g/mol. The van der Waals surface area contributed by atoms with E-state index in [4.69, 9.17) is 5.73 Å². The molecule has 2 amide bonds. The van der Waals surface area contributed by atoms with Crippen molar-refractivity contribution in [3.05, 3.63) is 71.8 Å². The lowest BCUT2D eigenvalue weighted by Crippen LogP contribution is -2.67. The number of benzene rings is 2. The van der Waals surface area contributed by atoms with Crippen molar-refractivity contribution in [1.82, 2.24) is 10.2 Å². The topological polar surface area (TPSA) is 136 Å². The molecule has 0 heterocycles. The van der Waals surface area contributed by atoms with Crippen LogP contribution in [0.2, 0.25) is 0 Å². The molecule has 0 bridgehead atoms. The number of aliphatic hydroxyl groups excluding tert-OH is 2. The molecule has 2 aromatic rings. The van der Waals surface area contributed by atoms with Gasteiger partial charge in [-0.15, -0.1) is 0 Å². The van der Waals surface area contributed by atoms with Crippen LogP contribution in [0.3, 0.4) is 0 Å². The fourth-order valence-electron chi connectivity index (χ4n) is 4.02. The van der Waals surface area contributed by atoms with Gasteiger partial charge in [0.1, 0.15) is 5.66 Å². The zero-order chi connectivity index (χ0) is 26.2. The molecule has 6 N–H and O–H groups in total. The standard InChI is InChI=1S/C27H39N3O5/c1-19(31)27(28,16-21-13-9-6-10-14-21)30(25(34)35)18-23(32)22(15-20-11-7-5-8-12-20)29-24(33)17-26(2,3)4/h5-14,19,22-23,31-32H,15-18,28H2,1-4H3,(H,29,33)(H,34,35). The van der Waals surface area contributed by atoms with Crippen LogP contribution in [0.5, 0.6) is 0 Å². The highest BCUT2D eigenvalue weighted by atomic mass is 16.4. The molecule has 35 heavy (non-hydrogen) atoms. The van der Waals surface area contributed by atoms with Gasteiger partial charge in [-0.3, -0.25) is 9.69 Å². The van der Waals surface area contributed by atoms with E-state index in [-0.39, 0.29) is 24.2 Å². The van der Waals surface area contributed by atoms with E-state index in [9.17, 15) is 24.9 Å². The second-order valence-corrected chi connectivity index (χ2v) is 10.4. The fraction of sp³-hybridized carbons (Fsp3) is 0.481. The molecule has 8 heteroatoms. The number of carboxylic acid groups (broad SMARTS) is 1. The minimum atomic E-state index is -1.69. The first kappa shape index (κ1) is 28.3. The zero-order valence-electron chi connectivity index (χ0n) is 21.0. The van der Waals surface area contributed by atoms with Crippen LogP contribution in [0.1, 0.15) is 45.2 Å². The number of nitrogens with two attached hydrogens (primary N) is 1. The summed E-state index contributed by atoms with van der Waals surface area (Å²) in [7, 11) is 0. The number of rotatable bonds is 11. The molecule has 4 unspecified atom stereocenters. The summed E-state index contributed by atoms with van der Waals surface area (Å²) in [6.07, 6.45) is -3.28. The minimum absolute atomic E-state index is 0.0459. The Labute approximate surface area is 207 Å². The van der Waals surface area contributed by atoms with Gasteiger partial charge < -0.3 is 26.4 Å². The summed E-state index contributed by atoms with van der Waals surface area (Å²) in [6.45, 7) is 6.86. The van der Waals surface area contributed by atoms with Crippen molar-refractivity contribution in [2.24, 2.45) is 11.1 Å². The summed E-state index contributed by atoms with van der Waals surface area (Å²) in [4.78, 5) is 25.9. The van der Waals surface area contributed by atoms with Gasteiger partial charge in [-0.1, -0.05) is 81.4 Å². The third-order valence-corrected chi connectivity index (χ3v) is 5.96. The van der Waals surface area contributed by atoms with E-state index in [0.29, 0.717) is 6.42 Å². The molecule has 0 saturated carbocycles. The predicted octanol–water partition coefficient (Wildman–Crippen LogP) is 2.77. The maximum absolute atomic E-state index is 12.7. The van der Waals surface area contributed by atoms with Crippen molar-refractivity contribution in [2.45, 2.75) is 70.9 Å². The van der Waals surface area contributed by atoms with Crippen molar-refractivity contribution in [3.63, 3.8) is 0 Å². The first-order chi connectivity index (χ1) is 16.3. The van der Waals surface area contributed by atoms with Gasteiger partial charge in [0.25, 0.3) is 0 Å². The van der Waals surface area contributed by atoms with E-state index >= 15 is 0 Å². The summed E-state index contributed by atoms with van der Waals surface area (Å²) >= 11 is 0. The van der Waals surface area contributed by atoms with Crippen LogP contribution in [0.15, 0.2) is 60.7 Å². The van der Waals surface area contributed by atoms with Gasteiger partial charge in [-0.05, 0) is 29.9 Å². The van der Waals surface area contributed by atoms with Crippen LogP contribution >= 0.6 is 0 Å². The van der Waals surface area contributed by atoms with E-state index in [1.807, 2.05) is 57.2 Å². The Bertz CT molecular complexity index is 946. The lowest BCUT2D eigenvalue weighted by atomic mass is 9.91. The second-order valence-electron chi connectivity index (χ2n) is 10.4. The van der Waals surface area contributed by atoms with Gasteiger partial charge in [0.15, 0.2) is 0 Å². The van der Waals surface area contributed by atoms with E-state index in [0.717, 1.165) is 16.0 Å². The van der Waals surface area contributed by atoms with E-state index in [2.05, 4.69) is 5.32 Å². The molecule has 192 valence electrons. The highest BCUT2D eigenvalue weighted by Gasteiger charge is 2.42. The number of hydrogen-bond donors (Lipinski definition) is 5. The molecule has 0 aliphatic rings. The molecule has 0 aliphatic heterocycles. The third kappa shape index (κ3) is 8.65. The maximum atomic E-state index is 12.7. The fourth-order valence-corrected chi connectivity index (χ4v) is 4.02. The van der Waals surface area contributed by atoms with Crippen molar-refractivity contribution in [2.75, 3.05) is 6.54 Å². The van der Waals surface area contributed by atoms with Crippen molar-refractivity contribution in [3.8, 4) is 0 Å². The van der Waals surface area contributed by atoms with Crippen LogP contribution in [0, 0.1) is 5.41 Å². The number of carbonyl (C=O) groups excluding carboxylic acids is 1. The number of carbonyl (C=O) groups is 2. The zero-order valence-corrected chi connectivity index (χ0v) is 21.0. The Balaban J connectivity index is 2.31. The SMILES string of the molecule is CC(O)C(N)(Cc1ccccc1)N(CC(O)C(Cc1ccccc1)NC(=O)CC(C)(C)C)C(=O)O. The van der Waals surface area contributed by atoms with Gasteiger partial charge in [0, 0.05) is 12.8 Å². The van der Waals surface area contributed by atoms with Crippen LogP contribution < -0.4 is 11.1 Å². The van der Waals surface area contributed by atoms with Crippen molar-refractivity contribution in [1.29, 1.82) is 0 Å². The Morgan fingerprint density at radius 3 is 1.94 bits per heavy atom. The summed E-state index contributed by atoms with van der Waals surface area (Å²) in [6, 6.07) is 17.6. The van der Waals surface area contributed by atoms with Crippen molar-refractivity contribution < 1.29 is 24.9 Å². The highest BCUT2D eigenvalue weighted by Crippen LogP contribution is 2.23. The molecular weight excluding hydrogens is 446 g/mol. The number of nitrogens with zero attached hydrogens (tertiary/aromatic N) is 1. The number of aliphatic hydroxyl groups is 2. The lowest BCUT2D eigenvalue weighted by Gasteiger charge is -2.43. The van der Waals surface area contributed by atoms with Gasteiger partial charge in [0.2, 0.25) is 5.91 Å². The predicted molar refractivity (Wildman–Crippen MR) is 136 cm³/mol. The number of hydrogen-bond acceptors (Lipinski definition) is 5. The molecule has 2 aromatic carbocycles. The Morgan fingerprint density at radius 1 is 0.971 bits per heavy atom. The molecule has 0 aromatic heterocycles. The van der Waals surface area contributed by atoms with Gasteiger partial charge in [0.05, 0.1) is 24.8 Å². The number of amides is 2. The highest BCUT2D eigenvalue weighted by molar-refractivity contribution is 5.77. The summed E-state index contributed by atoms with van der Waals surface area (Å²) in [5, 5.41) is 34.6. The first-order valence-electron chi connectivity index (χ1n) is 11.8. The smallest absolute Gasteiger partial charge is 0.408 e.